The number of amides is 4. The third kappa shape index (κ3) is 7.86. The maximum atomic E-state index is 12.9. The molecule has 1 N–H and O–H groups in total. The summed E-state index contributed by atoms with van der Waals surface area (Å²) in [6.07, 6.45) is 14.5. The number of hydrogen-bond donors (Lipinski definition) is 1. The van der Waals surface area contributed by atoms with E-state index in [0.717, 1.165) is 38.5 Å². The fraction of sp³-hybridized carbons (Fsp3) is 0.714. The van der Waals surface area contributed by atoms with Gasteiger partial charge < -0.3 is 5.32 Å². The van der Waals surface area contributed by atoms with Crippen molar-refractivity contribution in [1.29, 1.82) is 0 Å². The van der Waals surface area contributed by atoms with Gasteiger partial charge in [-0.15, -0.1) is 0 Å². The van der Waals surface area contributed by atoms with E-state index in [1.165, 1.54) is 9.80 Å². The Morgan fingerprint density at radius 1 is 0.800 bits per heavy atom. The summed E-state index contributed by atoms with van der Waals surface area (Å²) in [5.74, 6) is -0.508. The summed E-state index contributed by atoms with van der Waals surface area (Å²) in [7, 11) is 0. The van der Waals surface area contributed by atoms with Gasteiger partial charge in [-0.2, -0.15) is 0 Å². The number of allylic oxidation sites excluding steroid dienone is 4. The van der Waals surface area contributed by atoms with Crippen molar-refractivity contribution in [3.8, 4) is 0 Å². The molecule has 0 bridgehead atoms. The first kappa shape index (κ1) is 29.0. The molecule has 2 heterocycles. The Kier molecular flexibility index (Phi) is 12.4. The van der Waals surface area contributed by atoms with Crippen molar-refractivity contribution < 1.29 is 19.2 Å². The molecular formula is C28H45N3O4. The van der Waals surface area contributed by atoms with Crippen molar-refractivity contribution in [2.24, 2.45) is 23.7 Å². The van der Waals surface area contributed by atoms with Gasteiger partial charge >= 0.3 is 0 Å². The van der Waals surface area contributed by atoms with Gasteiger partial charge in [0.25, 0.3) is 0 Å². The number of hydrogen-bond acceptors (Lipinski definition) is 5. The highest BCUT2D eigenvalue weighted by atomic mass is 16.2. The molecule has 7 heteroatoms. The van der Waals surface area contributed by atoms with Crippen LogP contribution in [-0.2, 0) is 19.2 Å². The molecule has 0 saturated carbocycles. The highest BCUT2D eigenvalue weighted by Gasteiger charge is 2.42. The predicted octanol–water partition coefficient (Wildman–Crippen LogP) is 4.09. The second kappa shape index (κ2) is 15.0. The lowest BCUT2D eigenvalue weighted by Crippen LogP contribution is -2.41. The molecule has 196 valence electrons. The van der Waals surface area contributed by atoms with Crippen molar-refractivity contribution in [2.75, 3.05) is 26.2 Å². The Morgan fingerprint density at radius 2 is 1.37 bits per heavy atom. The van der Waals surface area contributed by atoms with Crippen LogP contribution in [0.5, 0.6) is 0 Å². The molecule has 4 atom stereocenters. The molecule has 2 aliphatic heterocycles. The van der Waals surface area contributed by atoms with Gasteiger partial charge in [0.2, 0.25) is 23.6 Å². The van der Waals surface area contributed by atoms with Crippen molar-refractivity contribution in [2.45, 2.75) is 79.1 Å². The Morgan fingerprint density at radius 3 is 1.91 bits per heavy atom. The molecule has 2 aliphatic rings. The minimum absolute atomic E-state index is 0.0541. The van der Waals surface area contributed by atoms with Crippen molar-refractivity contribution in [3.05, 3.63) is 24.3 Å². The van der Waals surface area contributed by atoms with Crippen molar-refractivity contribution in [1.82, 2.24) is 15.1 Å². The summed E-state index contributed by atoms with van der Waals surface area (Å²) in [5, 5.41) is 3.20. The summed E-state index contributed by atoms with van der Waals surface area (Å²) < 4.78 is 0. The normalized spacial score (nSPS) is 23.0. The van der Waals surface area contributed by atoms with E-state index in [0.29, 0.717) is 32.6 Å². The molecule has 0 aromatic heterocycles. The minimum Gasteiger partial charge on any atom is -0.313 e. The molecule has 0 aliphatic carbocycles. The number of carbonyl (C=O) groups is 4. The first-order valence-corrected chi connectivity index (χ1v) is 13.6. The number of imide groups is 2. The average molecular weight is 488 g/mol. The summed E-state index contributed by atoms with van der Waals surface area (Å²) in [6, 6.07) is 0. The first-order chi connectivity index (χ1) is 16.9. The fourth-order valence-electron chi connectivity index (χ4n) is 5.25. The van der Waals surface area contributed by atoms with Crippen LogP contribution in [0.3, 0.4) is 0 Å². The Hall–Kier alpha value is -2.28. The van der Waals surface area contributed by atoms with Crippen LogP contribution in [0.1, 0.15) is 79.1 Å². The van der Waals surface area contributed by atoms with Gasteiger partial charge in [0.15, 0.2) is 0 Å². The number of likely N-dealkylation sites (tertiary alicyclic amines) is 2. The van der Waals surface area contributed by atoms with E-state index >= 15 is 0 Å². The summed E-state index contributed by atoms with van der Waals surface area (Å²) in [6.45, 7) is 9.84. The van der Waals surface area contributed by atoms with E-state index < -0.39 is 0 Å². The second-order valence-electron chi connectivity index (χ2n) is 9.67. The molecule has 4 unspecified atom stereocenters. The summed E-state index contributed by atoms with van der Waals surface area (Å²) in [5.41, 5.74) is 0. The van der Waals surface area contributed by atoms with E-state index in [-0.39, 0.29) is 53.7 Å². The predicted molar refractivity (Wildman–Crippen MR) is 138 cm³/mol. The quantitative estimate of drug-likeness (QED) is 0.201. The van der Waals surface area contributed by atoms with E-state index in [2.05, 4.69) is 50.4 Å². The van der Waals surface area contributed by atoms with E-state index in [4.69, 9.17) is 0 Å². The summed E-state index contributed by atoms with van der Waals surface area (Å²) >= 11 is 0. The van der Waals surface area contributed by atoms with E-state index in [9.17, 15) is 19.2 Å². The van der Waals surface area contributed by atoms with E-state index in [1.54, 1.807) is 0 Å². The molecule has 35 heavy (non-hydrogen) atoms. The molecule has 4 amide bonds. The zero-order chi connectivity index (χ0) is 25.8. The lowest BCUT2D eigenvalue weighted by molar-refractivity contribution is -0.140. The van der Waals surface area contributed by atoms with Gasteiger partial charge in [0.05, 0.1) is 11.8 Å². The molecule has 0 spiro atoms. The molecular weight excluding hydrogens is 442 g/mol. The van der Waals surface area contributed by atoms with Crippen LogP contribution in [0, 0.1) is 23.7 Å². The Labute approximate surface area is 211 Å². The third-order valence-corrected chi connectivity index (χ3v) is 7.39. The van der Waals surface area contributed by atoms with Crippen LogP contribution in [0.4, 0.5) is 0 Å². The molecule has 2 saturated heterocycles. The summed E-state index contributed by atoms with van der Waals surface area (Å²) in [4.78, 5) is 53.4. The molecule has 2 rings (SSSR count). The Balaban J connectivity index is 1.78. The number of rotatable bonds is 16. The van der Waals surface area contributed by atoms with Gasteiger partial charge in [-0.3, -0.25) is 29.0 Å². The first-order valence-electron chi connectivity index (χ1n) is 13.6. The minimum atomic E-state index is -0.268. The fourth-order valence-corrected chi connectivity index (χ4v) is 5.25. The smallest absolute Gasteiger partial charge is 0.233 e. The van der Waals surface area contributed by atoms with Crippen LogP contribution in [0.25, 0.3) is 0 Å². The topological polar surface area (TPSA) is 86.8 Å². The van der Waals surface area contributed by atoms with Crippen molar-refractivity contribution >= 4 is 23.6 Å². The van der Waals surface area contributed by atoms with Gasteiger partial charge in [0, 0.05) is 39.0 Å². The van der Waals surface area contributed by atoms with Gasteiger partial charge in [-0.1, -0.05) is 58.4 Å². The molecule has 2 fully saturated rings. The number of nitrogens with zero attached hydrogens (tertiary/aromatic N) is 2. The SMILES string of the molecule is CC/C=C/CCC(CC)C1CC(=O)N(CCNCCN2C(=O)CC(C(/C=C/CC)CC)C2=O)C1=O. The van der Waals surface area contributed by atoms with Crippen LogP contribution in [-0.4, -0.2) is 59.6 Å². The molecule has 0 aromatic rings. The lowest BCUT2D eigenvalue weighted by Gasteiger charge is -2.21. The van der Waals surface area contributed by atoms with Crippen molar-refractivity contribution in [3.63, 3.8) is 0 Å². The monoisotopic (exact) mass is 487 g/mol. The Bertz CT molecular complexity index is 791. The zero-order valence-electron chi connectivity index (χ0n) is 22.1. The van der Waals surface area contributed by atoms with Crippen LogP contribution >= 0.6 is 0 Å². The standard InChI is InChI=1S/C28H45N3O4/c1-5-9-11-12-14-22(8-4)24-20-26(33)31(28(24)35)18-16-29-15-17-30-25(32)19-23(27(30)34)21(7-3)13-10-6-2/h9-11,13,21-24,29H,5-8,12,14-20H2,1-4H3/b11-9+,13-10+. The maximum Gasteiger partial charge on any atom is 0.233 e. The van der Waals surface area contributed by atoms with Crippen LogP contribution in [0.15, 0.2) is 24.3 Å². The van der Waals surface area contributed by atoms with Crippen LogP contribution in [0.2, 0.25) is 0 Å². The number of carbonyl (C=O) groups excluding carboxylic acids is 4. The van der Waals surface area contributed by atoms with Gasteiger partial charge in [0.1, 0.15) is 0 Å². The second-order valence-corrected chi connectivity index (χ2v) is 9.67. The molecule has 0 radical (unpaired) electrons. The molecule has 0 aromatic carbocycles. The maximum absolute atomic E-state index is 12.9. The van der Waals surface area contributed by atoms with Crippen LogP contribution < -0.4 is 5.32 Å². The number of nitrogens with one attached hydrogen (secondary N) is 1. The zero-order valence-corrected chi connectivity index (χ0v) is 22.1. The third-order valence-electron chi connectivity index (χ3n) is 7.39. The highest BCUT2D eigenvalue weighted by molar-refractivity contribution is 6.04. The average Bonchev–Trinajstić information content (AvgIpc) is 3.29. The molecule has 7 nitrogen and oxygen atoms in total. The van der Waals surface area contributed by atoms with Gasteiger partial charge in [-0.05, 0) is 43.9 Å². The largest absolute Gasteiger partial charge is 0.313 e. The highest BCUT2D eigenvalue weighted by Crippen LogP contribution is 2.32. The van der Waals surface area contributed by atoms with E-state index in [1.807, 2.05) is 6.92 Å². The van der Waals surface area contributed by atoms with Gasteiger partial charge in [-0.25, -0.2) is 0 Å². The lowest BCUT2D eigenvalue weighted by atomic mass is 9.85.